The highest BCUT2D eigenvalue weighted by Crippen LogP contribution is 2.31. The lowest BCUT2D eigenvalue weighted by Crippen LogP contribution is -2.32. The van der Waals surface area contributed by atoms with Gasteiger partial charge in [0, 0.05) is 19.2 Å². The molecule has 0 radical (unpaired) electrons. The van der Waals surface area contributed by atoms with Crippen LogP contribution in [0, 0.1) is 12.7 Å². The van der Waals surface area contributed by atoms with Crippen LogP contribution in [0.15, 0.2) is 47.6 Å². The van der Waals surface area contributed by atoms with Crippen LogP contribution in [0.1, 0.15) is 5.82 Å². The van der Waals surface area contributed by atoms with Crippen LogP contribution in [0.5, 0.6) is 0 Å². The van der Waals surface area contributed by atoms with Crippen LogP contribution in [0.4, 0.5) is 10.2 Å². The van der Waals surface area contributed by atoms with Crippen LogP contribution >= 0.6 is 0 Å². The minimum absolute atomic E-state index is 0.302. The number of fused-ring (bicyclic) bond motifs is 1. The molecule has 4 aromatic rings. The van der Waals surface area contributed by atoms with Crippen LogP contribution in [0.3, 0.4) is 0 Å². The van der Waals surface area contributed by atoms with Gasteiger partial charge in [0.1, 0.15) is 17.3 Å². The van der Waals surface area contributed by atoms with Crippen LogP contribution in [-0.4, -0.2) is 49.0 Å². The predicted molar refractivity (Wildman–Crippen MR) is 114 cm³/mol. The number of halogens is 1. The maximum atomic E-state index is 13.4. The Bertz CT molecular complexity index is 1340. The van der Waals surface area contributed by atoms with Crippen LogP contribution < -0.4 is 10.6 Å². The zero-order valence-electron chi connectivity index (χ0n) is 16.9. The second-order valence-corrected chi connectivity index (χ2v) is 7.18. The van der Waals surface area contributed by atoms with Crippen molar-refractivity contribution in [3.63, 3.8) is 0 Å². The maximum absolute atomic E-state index is 13.4. The number of anilines is 1. The van der Waals surface area contributed by atoms with Crippen molar-refractivity contribution in [1.82, 2.24) is 29.5 Å². The summed E-state index contributed by atoms with van der Waals surface area (Å²) < 4.78 is 16.9. The third kappa shape index (κ3) is 3.41. The van der Waals surface area contributed by atoms with E-state index in [9.17, 15) is 9.18 Å². The fourth-order valence-corrected chi connectivity index (χ4v) is 3.51. The Morgan fingerprint density at radius 1 is 1.16 bits per heavy atom. The summed E-state index contributed by atoms with van der Waals surface area (Å²) in [5, 5.41) is 10.3. The van der Waals surface area contributed by atoms with Gasteiger partial charge in [-0.3, -0.25) is 9.79 Å². The first-order valence-electron chi connectivity index (χ1n) is 9.75. The Morgan fingerprint density at radius 3 is 2.71 bits per heavy atom. The molecule has 5 rings (SSSR count). The number of hydrogen-bond donors (Lipinski definition) is 2. The van der Waals surface area contributed by atoms with Gasteiger partial charge in [-0.15, -0.1) is 0 Å². The Labute approximate surface area is 176 Å². The fraction of sp³-hybridized carbons (Fsp3) is 0.190. The lowest BCUT2D eigenvalue weighted by molar-refractivity contribution is -0.110. The zero-order valence-corrected chi connectivity index (χ0v) is 16.9. The van der Waals surface area contributed by atoms with E-state index in [1.807, 2.05) is 30.7 Å². The molecule has 156 valence electrons. The molecule has 0 unspecified atom stereocenters. The SMILES string of the molecule is Cc1nc(-c2ccc(F)cc2)c(-c2ccc3nc(NC(=O)C4=NCCN4)cn3n2)n1C. The Hall–Kier alpha value is -4.08. The number of imidazole rings is 2. The summed E-state index contributed by atoms with van der Waals surface area (Å²) in [7, 11) is 1.91. The Balaban J connectivity index is 1.52. The van der Waals surface area contributed by atoms with E-state index in [4.69, 9.17) is 0 Å². The molecule has 9 nitrogen and oxygen atoms in total. The molecule has 0 saturated carbocycles. The van der Waals surface area contributed by atoms with Crippen LogP contribution in [0.2, 0.25) is 0 Å². The van der Waals surface area contributed by atoms with Crippen molar-refractivity contribution in [2.24, 2.45) is 12.0 Å². The lowest BCUT2D eigenvalue weighted by atomic mass is 10.1. The van der Waals surface area contributed by atoms with E-state index < -0.39 is 0 Å². The quantitative estimate of drug-likeness (QED) is 0.529. The number of nitrogens with zero attached hydrogens (tertiary/aromatic N) is 6. The number of benzene rings is 1. The van der Waals surface area contributed by atoms with Gasteiger partial charge in [0.25, 0.3) is 5.91 Å². The highest BCUT2D eigenvalue weighted by Gasteiger charge is 2.19. The number of aliphatic imine (C=N–C) groups is 1. The average Bonchev–Trinajstić information content (AvgIpc) is 3.48. The van der Waals surface area contributed by atoms with Gasteiger partial charge < -0.3 is 15.2 Å². The highest BCUT2D eigenvalue weighted by molar-refractivity contribution is 6.42. The molecule has 0 bridgehead atoms. The molecule has 0 atom stereocenters. The number of hydrogen-bond acceptors (Lipinski definition) is 6. The molecule has 4 heterocycles. The molecule has 10 heteroatoms. The molecule has 1 aliphatic heterocycles. The number of carbonyl (C=O) groups excluding carboxylic acids is 1. The molecule has 0 saturated heterocycles. The van der Waals surface area contributed by atoms with E-state index >= 15 is 0 Å². The standard InChI is InChI=1S/C21H19FN8O/c1-12-25-18(13-3-5-14(22)6-4-13)19(29(12)2)15-7-8-17-26-16(11-30(17)28-15)27-21(31)20-23-9-10-24-20/h3-8,11H,9-10H2,1-2H3,(H,23,24)(H,27,31). The van der Waals surface area contributed by atoms with Gasteiger partial charge in [-0.05, 0) is 43.3 Å². The normalized spacial score (nSPS) is 13.3. The molecule has 3 aromatic heterocycles. The molecular weight excluding hydrogens is 399 g/mol. The molecular formula is C21H19FN8O. The van der Waals surface area contributed by atoms with Crippen molar-refractivity contribution < 1.29 is 9.18 Å². The van der Waals surface area contributed by atoms with Gasteiger partial charge >= 0.3 is 0 Å². The smallest absolute Gasteiger partial charge is 0.291 e. The summed E-state index contributed by atoms with van der Waals surface area (Å²) in [5.41, 5.74) is 3.57. The summed E-state index contributed by atoms with van der Waals surface area (Å²) >= 11 is 0. The molecule has 1 aromatic carbocycles. The number of carbonyl (C=O) groups is 1. The minimum atomic E-state index is -0.331. The summed E-state index contributed by atoms with van der Waals surface area (Å²) in [6.07, 6.45) is 1.65. The molecule has 2 N–H and O–H groups in total. The summed E-state index contributed by atoms with van der Waals surface area (Å²) in [6.45, 7) is 3.14. The number of nitrogens with one attached hydrogen (secondary N) is 2. The third-order valence-corrected chi connectivity index (χ3v) is 5.13. The Morgan fingerprint density at radius 2 is 1.97 bits per heavy atom. The summed E-state index contributed by atoms with van der Waals surface area (Å²) in [4.78, 5) is 25.4. The summed E-state index contributed by atoms with van der Waals surface area (Å²) in [6, 6.07) is 9.88. The van der Waals surface area contributed by atoms with Crippen LogP contribution in [0.25, 0.3) is 28.3 Å². The molecule has 0 aliphatic carbocycles. The van der Waals surface area contributed by atoms with Crippen molar-refractivity contribution in [3.8, 4) is 22.6 Å². The van der Waals surface area contributed by atoms with Crippen molar-refractivity contribution in [1.29, 1.82) is 0 Å². The monoisotopic (exact) mass is 418 g/mol. The van der Waals surface area contributed by atoms with Gasteiger partial charge in [0.15, 0.2) is 17.3 Å². The second kappa shape index (κ2) is 7.31. The number of aryl methyl sites for hydroxylation is 1. The van der Waals surface area contributed by atoms with E-state index in [2.05, 4.69) is 30.7 Å². The number of amidine groups is 1. The predicted octanol–water partition coefficient (Wildman–Crippen LogP) is 2.18. The van der Waals surface area contributed by atoms with Crippen molar-refractivity contribution in [3.05, 3.63) is 54.2 Å². The highest BCUT2D eigenvalue weighted by atomic mass is 19.1. The van der Waals surface area contributed by atoms with E-state index in [0.717, 1.165) is 17.1 Å². The second-order valence-electron chi connectivity index (χ2n) is 7.18. The molecule has 1 amide bonds. The minimum Gasteiger partial charge on any atom is -0.364 e. The first-order chi connectivity index (χ1) is 15.0. The van der Waals surface area contributed by atoms with E-state index in [1.165, 1.54) is 12.1 Å². The van der Waals surface area contributed by atoms with Gasteiger partial charge in [-0.25, -0.2) is 18.9 Å². The maximum Gasteiger partial charge on any atom is 0.291 e. The van der Waals surface area contributed by atoms with E-state index in [0.29, 0.717) is 41.8 Å². The van der Waals surface area contributed by atoms with Crippen molar-refractivity contribution in [2.75, 3.05) is 18.4 Å². The molecule has 1 aliphatic rings. The summed E-state index contributed by atoms with van der Waals surface area (Å²) in [5.74, 6) is 0.858. The van der Waals surface area contributed by atoms with E-state index in [1.54, 1.807) is 22.8 Å². The van der Waals surface area contributed by atoms with Gasteiger partial charge in [-0.1, -0.05) is 0 Å². The Kier molecular flexibility index (Phi) is 4.46. The largest absolute Gasteiger partial charge is 0.364 e. The zero-order chi connectivity index (χ0) is 21.5. The first kappa shape index (κ1) is 18.9. The fourth-order valence-electron chi connectivity index (χ4n) is 3.51. The van der Waals surface area contributed by atoms with Crippen LogP contribution in [-0.2, 0) is 11.8 Å². The number of rotatable bonds is 4. The van der Waals surface area contributed by atoms with Crippen molar-refractivity contribution >= 4 is 23.2 Å². The first-order valence-corrected chi connectivity index (χ1v) is 9.75. The van der Waals surface area contributed by atoms with Crippen molar-refractivity contribution in [2.45, 2.75) is 6.92 Å². The lowest BCUT2D eigenvalue weighted by Gasteiger charge is -2.07. The average molecular weight is 418 g/mol. The topological polar surface area (TPSA) is 102 Å². The van der Waals surface area contributed by atoms with Gasteiger partial charge in [0.2, 0.25) is 0 Å². The third-order valence-electron chi connectivity index (χ3n) is 5.13. The van der Waals surface area contributed by atoms with Gasteiger partial charge in [-0.2, -0.15) is 5.10 Å². The van der Waals surface area contributed by atoms with E-state index in [-0.39, 0.29) is 11.7 Å². The molecule has 0 spiro atoms. The molecule has 0 fully saturated rings. The molecule has 31 heavy (non-hydrogen) atoms. The van der Waals surface area contributed by atoms with Gasteiger partial charge in [0.05, 0.1) is 24.1 Å². The number of amides is 1. The number of aromatic nitrogens is 5.